The number of thioether (sulfide) groups is 1. The molecule has 118 valence electrons. The number of carboxylic acid groups (broad SMARTS) is 1. The van der Waals surface area contributed by atoms with Crippen LogP contribution in [0.1, 0.15) is 24.1 Å². The lowest BCUT2D eigenvalue weighted by atomic mass is 9.91. The normalized spacial score (nSPS) is 14.1. The van der Waals surface area contributed by atoms with Gasteiger partial charge in [-0.2, -0.15) is 0 Å². The molecule has 0 spiro atoms. The van der Waals surface area contributed by atoms with Crippen molar-refractivity contribution in [3.63, 3.8) is 0 Å². The van der Waals surface area contributed by atoms with E-state index in [0.29, 0.717) is 16.5 Å². The van der Waals surface area contributed by atoms with Crippen LogP contribution in [0.3, 0.4) is 0 Å². The number of pyridine rings is 1. The van der Waals surface area contributed by atoms with E-state index in [9.17, 15) is 4.79 Å². The molecule has 4 rings (SSSR count). The van der Waals surface area contributed by atoms with Crippen LogP contribution >= 0.6 is 11.8 Å². The van der Waals surface area contributed by atoms with Crippen molar-refractivity contribution in [1.29, 1.82) is 0 Å². The van der Waals surface area contributed by atoms with Crippen LogP contribution in [0.2, 0.25) is 0 Å². The summed E-state index contributed by atoms with van der Waals surface area (Å²) in [6.07, 6.45) is 5.72. The molecule has 1 aliphatic carbocycles. The van der Waals surface area contributed by atoms with Crippen molar-refractivity contribution in [2.45, 2.75) is 30.9 Å². The van der Waals surface area contributed by atoms with E-state index in [0.717, 1.165) is 54.5 Å². The molecule has 6 nitrogen and oxygen atoms in total. The van der Waals surface area contributed by atoms with Crippen LogP contribution in [-0.4, -0.2) is 26.8 Å². The Morgan fingerprint density at radius 2 is 2.17 bits per heavy atom. The Balaban J connectivity index is 1.89. The number of rotatable bonds is 4. The number of oxazole rings is 1. The molecule has 0 aliphatic heterocycles. The zero-order valence-corrected chi connectivity index (χ0v) is 13.1. The number of aliphatic carboxylic acids is 1. The number of aromatic nitrogens is 2. The minimum Gasteiger partial charge on any atom is -0.481 e. The van der Waals surface area contributed by atoms with Gasteiger partial charge in [0.15, 0.2) is 0 Å². The van der Waals surface area contributed by atoms with Crippen molar-refractivity contribution in [2.75, 3.05) is 5.75 Å². The van der Waals surface area contributed by atoms with Gasteiger partial charge in [0.25, 0.3) is 5.22 Å². The highest BCUT2D eigenvalue weighted by Gasteiger charge is 2.24. The standard InChI is InChI=1S/C16H14N2O4S/c19-12(20)8-23-16-18-14-13(11-6-3-7-21-11)9-4-1-2-5-10(9)17-15(14)22-16/h3,6-7H,1-2,4-5,8H2,(H,19,20). The Morgan fingerprint density at radius 1 is 1.30 bits per heavy atom. The van der Waals surface area contributed by atoms with Crippen molar-refractivity contribution in [3.8, 4) is 11.3 Å². The first kappa shape index (κ1) is 14.3. The van der Waals surface area contributed by atoms with Gasteiger partial charge in [-0.25, -0.2) is 9.97 Å². The Labute approximate surface area is 135 Å². The first-order valence-corrected chi connectivity index (χ1v) is 8.41. The molecule has 0 atom stereocenters. The van der Waals surface area contributed by atoms with Crippen molar-refractivity contribution in [1.82, 2.24) is 9.97 Å². The average molecular weight is 330 g/mol. The number of nitrogens with zero attached hydrogens (tertiary/aromatic N) is 2. The molecule has 3 heterocycles. The minimum atomic E-state index is -0.907. The number of fused-ring (bicyclic) bond motifs is 2. The molecule has 0 radical (unpaired) electrons. The molecule has 3 aromatic rings. The lowest BCUT2D eigenvalue weighted by Crippen LogP contribution is -2.07. The van der Waals surface area contributed by atoms with Gasteiger partial charge in [0.2, 0.25) is 5.71 Å². The molecule has 1 N–H and O–H groups in total. The Morgan fingerprint density at radius 3 is 2.96 bits per heavy atom. The summed E-state index contributed by atoms with van der Waals surface area (Å²) in [5.74, 6) is -0.253. The SMILES string of the molecule is O=C(O)CSc1nc2c(-c3ccco3)c3c(nc2o1)CCCC3. The number of aryl methyl sites for hydroxylation is 1. The lowest BCUT2D eigenvalue weighted by molar-refractivity contribution is -0.133. The predicted octanol–water partition coefficient (Wildman–Crippen LogP) is 3.54. The van der Waals surface area contributed by atoms with Crippen LogP contribution in [0.5, 0.6) is 0 Å². The Kier molecular flexibility index (Phi) is 3.57. The van der Waals surface area contributed by atoms with Crippen LogP contribution < -0.4 is 0 Å². The molecule has 0 bridgehead atoms. The first-order valence-electron chi connectivity index (χ1n) is 7.43. The lowest BCUT2D eigenvalue weighted by Gasteiger charge is -2.17. The van der Waals surface area contributed by atoms with E-state index in [1.54, 1.807) is 6.26 Å². The summed E-state index contributed by atoms with van der Waals surface area (Å²) in [5.41, 5.74) is 4.22. The molecule has 1 aliphatic rings. The zero-order valence-electron chi connectivity index (χ0n) is 12.2. The highest BCUT2D eigenvalue weighted by Crippen LogP contribution is 2.37. The second-order valence-electron chi connectivity index (χ2n) is 5.41. The van der Waals surface area contributed by atoms with Gasteiger partial charge in [-0.3, -0.25) is 4.79 Å². The van der Waals surface area contributed by atoms with Gasteiger partial charge < -0.3 is 13.9 Å². The molecule has 0 saturated carbocycles. The molecule has 0 unspecified atom stereocenters. The third-order valence-electron chi connectivity index (χ3n) is 3.89. The highest BCUT2D eigenvalue weighted by atomic mass is 32.2. The minimum absolute atomic E-state index is 0.0946. The van der Waals surface area contributed by atoms with Gasteiger partial charge in [0.05, 0.1) is 11.8 Å². The summed E-state index contributed by atoms with van der Waals surface area (Å²) < 4.78 is 11.2. The summed E-state index contributed by atoms with van der Waals surface area (Å²) in [5, 5.41) is 9.13. The second kappa shape index (κ2) is 5.73. The summed E-state index contributed by atoms with van der Waals surface area (Å²) >= 11 is 1.05. The van der Waals surface area contributed by atoms with Gasteiger partial charge in [-0.15, -0.1) is 0 Å². The maximum atomic E-state index is 10.7. The molecule has 23 heavy (non-hydrogen) atoms. The molecule has 0 saturated heterocycles. The second-order valence-corrected chi connectivity index (χ2v) is 6.34. The Bertz CT molecular complexity index is 870. The van der Waals surface area contributed by atoms with E-state index in [4.69, 9.17) is 13.9 Å². The van der Waals surface area contributed by atoms with Crippen LogP contribution in [-0.2, 0) is 17.6 Å². The van der Waals surface area contributed by atoms with E-state index < -0.39 is 5.97 Å². The summed E-state index contributed by atoms with van der Waals surface area (Å²) in [6.45, 7) is 0. The van der Waals surface area contributed by atoms with Crippen molar-refractivity contribution in [3.05, 3.63) is 29.7 Å². The monoisotopic (exact) mass is 330 g/mol. The van der Waals surface area contributed by atoms with Crippen LogP contribution in [0, 0.1) is 0 Å². The van der Waals surface area contributed by atoms with Crippen molar-refractivity contribution < 1.29 is 18.7 Å². The van der Waals surface area contributed by atoms with Crippen molar-refractivity contribution >= 4 is 29.0 Å². The molecule has 0 amide bonds. The largest absolute Gasteiger partial charge is 0.481 e. The van der Waals surface area contributed by atoms with Crippen LogP contribution in [0.15, 0.2) is 32.5 Å². The van der Waals surface area contributed by atoms with E-state index in [1.807, 2.05) is 12.1 Å². The predicted molar refractivity (Wildman–Crippen MR) is 84.5 cm³/mol. The molecule has 0 fully saturated rings. The van der Waals surface area contributed by atoms with Crippen LogP contribution in [0.25, 0.3) is 22.6 Å². The molecule has 0 aromatic carbocycles. The first-order chi connectivity index (χ1) is 11.2. The van der Waals surface area contributed by atoms with Crippen molar-refractivity contribution in [2.24, 2.45) is 0 Å². The van der Waals surface area contributed by atoms with E-state index in [-0.39, 0.29) is 5.75 Å². The maximum Gasteiger partial charge on any atom is 0.314 e. The van der Waals surface area contributed by atoms with Gasteiger partial charge in [0.1, 0.15) is 17.0 Å². The van der Waals surface area contributed by atoms with E-state index in [2.05, 4.69) is 9.97 Å². The topological polar surface area (TPSA) is 89.4 Å². The highest BCUT2D eigenvalue weighted by molar-refractivity contribution is 7.99. The third kappa shape index (κ3) is 2.61. The summed E-state index contributed by atoms with van der Waals surface area (Å²) in [4.78, 5) is 19.8. The third-order valence-corrected chi connectivity index (χ3v) is 4.70. The van der Waals surface area contributed by atoms with Gasteiger partial charge in [-0.05, 0) is 43.4 Å². The Hall–Kier alpha value is -2.28. The summed E-state index contributed by atoms with van der Waals surface area (Å²) in [7, 11) is 0. The fraction of sp³-hybridized carbons (Fsp3) is 0.312. The number of hydrogen-bond acceptors (Lipinski definition) is 6. The number of furan rings is 1. The fourth-order valence-electron chi connectivity index (χ4n) is 2.95. The number of hydrogen-bond donors (Lipinski definition) is 1. The smallest absolute Gasteiger partial charge is 0.314 e. The van der Waals surface area contributed by atoms with Gasteiger partial charge >= 0.3 is 5.97 Å². The molecular formula is C16H14N2O4S. The maximum absolute atomic E-state index is 10.7. The van der Waals surface area contributed by atoms with Gasteiger partial charge in [0, 0.05) is 5.69 Å². The molecule has 7 heteroatoms. The molecular weight excluding hydrogens is 316 g/mol. The van der Waals surface area contributed by atoms with E-state index >= 15 is 0 Å². The molecule has 3 aromatic heterocycles. The van der Waals surface area contributed by atoms with Crippen LogP contribution in [0.4, 0.5) is 0 Å². The zero-order chi connectivity index (χ0) is 15.8. The number of carbonyl (C=O) groups is 1. The fourth-order valence-corrected chi connectivity index (χ4v) is 3.49. The van der Waals surface area contributed by atoms with E-state index in [1.165, 1.54) is 5.56 Å². The summed E-state index contributed by atoms with van der Waals surface area (Å²) in [6, 6.07) is 3.75. The average Bonchev–Trinajstić information content (AvgIpc) is 3.19. The quantitative estimate of drug-likeness (QED) is 0.732. The number of carboxylic acids is 1. The van der Waals surface area contributed by atoms with Gasteiger partial charge in [-0.1, -0.05) is 11.8 Å².